The van der Waals surface area contributed by atoms with Gasteiger partial charge in [0, 0.05) is 47.6 Å². The van der Waals surface area contributed by atoms with Crippen LogP contribution in [-0.4, -0.2) is 169 Å². The minimum Gasteiger partial charge on any atom is -0.497 e. The van der Waals surface area contributed by atoms with Crippen LogP contribution in [-0.2, 0) is 67.9 Å². The lowest BCUT2D eigenvalue weighted by Gasteiger charge is -2.32. The van der Waals surface area contributed by atoms with Crippen LogP contribution in [0.25, 0.3) is 44.1 Å². The third kappa shape index (κ3) is 20.6. The van der Waals surface area contributed by atoms with Gasteiger partial charge in [-0.3, -0.25) is 47.8 Å². The van der Waals surface area contributed by atoms with Gasteiger partial charge in [-0.15, -0.1) is 0 Å². The van der Waals surface area contributed by atoms with E-state index in [1.54, 1.807) is 64.5 Å². The Kier molecular flexibility index (Phi) is 26.9. The molecular formula is C104H128F2N6O20S2. The number of fused-ring (bicyclic) bond motifs is 8. The van der Waals surface area contributed by atoms with Crippen LogP contribution in [0.3, 0.4) is 0 Å². The van der Waals surface area contributed by atoms with Crippen LogP contribution >= 0.6 is 0 Å². The smallest absolute Gasteiger partial charge is 0.306 e. The Morgan fingerprint density at radius 2 is 0.873 bits per heavy atom. The van der Waals surface area contributed by atoms with Crippen LogP contribution in [0.2, 0.25) is 0 Å². The predicted octanol–water partition coefficient (Wildman–Crippen LogP) is 17.0. The number of ketones is 2. The first kappa shape index (κ1) is 95.6. The van der Waals surface area contributed by atoms with Crippen LogP contribution in [0.5, 0.6) is 34.8 Å². The number of sulfonamides is 2. The highest BCUT2D eigenvalue weighted by molar-refractivity contribution is 7.92. The first-order chi connectivity index (χ1) is 63.7. The number of benzene rings is 4. The molecule has 6 aromatic rings. The zero-order valence-electron chi connectivity index (χ0n) is 78.9. The number of amides is 4. The summed E-state index contributed by atoms with van der Waals surface area (Å²) in [7, 11) is -4.89. The molecule has 8 aliphatic carbocycles. The van der Waals surface area contributed by atoms with Crippen molar-refractivity contribution in [3.05, 3.63) is 121 Å². The van der Waals surface area contributed by atoms with Gasteiger partial charge in [0.15, 0.2) is 34.7 Å². The molecule has 4 amide bonds. The molecule has 20 atom stereocenters. The summed E-state index contributed by atoms with van der Waals surface area (Å²) < 4.78 is 135. The van der Waals surface area contributed by atoms with E-state index in [4.69, 9.17) is 47.9 Å². The highest BCUT2D eigenvalue weighted by Crippen LogP contribution is 2.61. The number of hydrogen-bond acceptors (Lipinski definition) is 22. The zero-order chi connectivity index (χ0) is 95.2. The molecule has 18 rings (SSSR count). The molecule has 10 fully saturated rings. The number of ether oxygens (including phenoxy) is 8. The molecule has 26 nitrogen and oxygen atoms in total. The molecule has 2 N–H and O–H groups in total. The number of carbonyl (C=O) groups excluding carboxylic acids is 8. The van der Waals surface area contributed by atoms with Crippen LogP contribution in [0.1, 0.15) is 223 Å². The van der Waals surface area contributed by atoms with E-state index in [0.29, 0.717) is 131 Å². The lowest BCUT2D eigenvalue weighted by Crippen LogP contribution is -2.48. The van der Waals surface area contributed by atoms with Gasteiger partial charge in [-0.25, -0.2) is 35.6 Å². The van der Waals surface area contributed by atoms with Crippen molar-refractivity contribution in [3.8, 4) is 57.3 Å². The molecule has 0 spiro atoms. The SMILES string of the molecule is COc1ccc2c(O[C@@H]3C[C@H]4C(=O)C[C@]5(C(=O)NS(=O)(=O)C6(C)CC6)C[C@H]5/C=C\CC[C@@H](C)C[C@@H](C)[C@H](CC(=O)OC5C[C@@H]6C[C@@H]6C5)C(=O)N4C3)nc(-c3ccc(OC(C)C)c(F)c3)cc2c1.COc1ccc2c(O[C@@H]3C[C@H]4C(=O)C[C@]5(C(=O)NS(=O)(=O)C6(C)CC6)C[C@H]5/C=C\CC[C@H](C)C[C@@H](C)[C@H](CC(=O)OC5C[C@@H]6C[C@@H]6C5)C(=O)N4C3)nc(-c3ccc(OC(C)C)c(F)c3)cc2c1. The molecule has 0 bridgehead atoms. The molecule has 0 radical (unpaired) electrons. The van der Waals surface area contributed by atoms with Crippen molar-refractivity contribution >= 4 is 88.7 Å². The summed E-state index contributed by atoms with van der Waals surface area (Å²) in [5.41, 5.74) is -0.894. The molecule has 134 heavy (non-hydrogen) atoms. The fourth-order valence-electron chi connectivity index (χ4n) is 22.0. The van der Waals surface area contributed by atoms with E-state index in [2.05, 4.69) is 23.3 Å². The van der Waals surface area contributed by atoms with Gasteiger partial charge in [-0.2, -0.15) is 0 Å². The van der Waals surface area contributed by atoms with E-state index in [1.807, 2.05) is 102 Å². The number of allylic oxidation sites excluding steroid dienone is 4. The molecule has 8 saturated carbocycles. The lowest BCUT2D eigenvalue weighted by atomic mass is 9.82. The van der Waals surface area contributed by atoms with Crippen LogP contribution in [0.15, 0.2) is 109 Å². The standard InChI is InChI=1S/2C52H64FN3O10S/c2*1-29(2)64-46-14-11-32(22-42(46)53)43-23-35-21-37(63-6)12-13-40(35)48(54-43)66-39-24-44-45(57)27-52(50(60)55-67(61,62)51(5)15-16-51)26-36(52)10-8-7-9-30(3)17-31(4)41(49(59)56(44)28-39)25-47(58)65-38-19-33-18-34(33)20-38/h2*8,10-14,21-23,29-31,33-34,36,38-39,41,44H,7,9,15-20,24-28H2,1-6H3,(H,55,60)/b2*10-8-/t30-,31+,33-,34+,36+,38?,39+,41-,44-,52+;30-,31-,33-,34+,36-,38?,39-,41+,44+,52-/m01/s1. The number of nitrogens with one attached hydrogen (secondary N) is 2. The average molecular weight is 1880 g/mol. The first-order valence-electron chi connectivity index (χ1n) is 48.5. The van der Waals surface area contributed by atoms with Gasteiger partial charge in [0.05, 0.1) is 108 Å². The van der Waals surface area contributed by atoms with Crippen molar-refractivity contribution in [1.29, 1.82) is 0 Å². The Morgan fingerprint density at radius 3 is 1.22 bits per heavy atom. The van der Waals surface area contributed by atoms with Crippen molar-refractivity contribution in [1.82, 2.24) is 29.2 Å². The van der Waals surface area contributed by atoms with Crippen LogP contribution in [0, 0.1) is 93.5 Å². The minimum absolute atomic E-state index is 0.0241. The van der Waals surface area contributed by atoms with Crippen molar-refractivity contribution < 1.29 is 102 Å². The Labute approximate surface area is 784 Å². The van der Waals surface area contributed by atoms with E-state index in [9.17, 15) is 36.0 Å². The number of esters is 2. The highest BCUT2D eigenvalue weighted by Gasteiger charge is 2.65. The summed E-state index contributed by atoms with van der Waals surface area (Å²) in [6.45, 7) is 18.7. The summed E-state index contributed by atoms with van der Waals surface area (Å²) >= 11 is 0. The van der Waals surface area contributed by atoms with Crippen molar-refractivity contribution in [3.63, 3.8) is 0 Å². The predicted molar refractivity (Wildman–Crippen MR) is 498 cm³/mol. The Hall–Kier alpha value is -10.1. The van der Waals surface area contributed by atoms with Crippen LogP contribution < -0.4 is 37.9 Å². The number of Topliss-reactive ketones (excluding diaryl/α,β-unsaturated/α-hetero) is 2. The lowest BCUT2D eigenvalue weighted by molar-refractivity contribution is -0.155. The maximum atomic E-state index is 15.4. The number of halogens is 2. The van der Waals surface area contributed by atoms with Gasteiger partial charge in [-0.05, 0) is 312 Å². The Balaban J connectivity index is 0.000000187. The Morgan fingerprint density at radius 1 is 0.493 bits per heavy atom. The van der Waals surface area contributed by atoms with Gasteiger partial charge in [0.2, 0.25) is 55.4 Å². The fourth-order valence-corrected chi connectivity index (χ4v) is 24.6. The van der Waals surface area contributed by atoms with Gasteiger partial charge in [0.1, 0.15) is 35.9 Å². The van der Waals surface area contributed by atoms with Gasteiger partial charge in [-0.1, -0.05) is 52.0 Å². The number of aromatic nitrogens is 2. The number of carbonyl (C=O) groups is 8. The maximum absolute atomic E-state index is 15.4. The molecule has 30 heteroatoms. The summed E-state index contributed by atoms with van der Waals surface area (Å²) in [4.78, 5) is 129. The summed E-state index contributed by atoms with van der Waals surface area (Å²) in [5, 5.41) is 2.63. The summed E-state index contributed by atoms with van der Waals surface area (Å²) in [6, 6.07) is 21.6. The largest absolute Gasteiger partial charge is 0.497 e. The number of methoxy groups -OCH3 is 2. The molecule has 4 aromatic carbocycles. The second-order valence-corrected chi connectivity index (χ2v) is 46.7. The molecule has 12 aliphatic rings. The Bertz CT molecular complexity index is 5530. The number of rotatable bonds is 24. The number of hydrogen-bond donors (Lipinski definition) is 2. The third-order valence-corrected chi connectivity index (χ3v) is 35.4. The maximum Gasteiger partial charge on any atom is 0.306 e. The minimum atomic E-state index is -4.00. The van der Waals surface area contributed by atoms with Crippen molar-refractivity contribution in [2.75, 3.05) is 27.3 Å². The average Bonchev–Trinajstić information content (AvgIpc) is 1.56. The molecule has 2 aromatic heterocycles. The quantitative estimate of drug-likeness (QED) is 0.0420. The monoisotopic (exact) mass is 1880 g/mol. The van der Waals surface area contributed by atoms with Crippen molar-refractivity contribution in [2.24, 2.45) is 81.8 Å². The first-order valence-corrected chi connectivity index (χ1v) is 51.4. The zero-order valence-corrected chi connectivity index (χ0v) is 80.5. The fraction of sp³-hybridized carbons (Fsp3) is 0.596. The molecule has 2 unspecified atom stereocenters. The van der Waals surface area contributed by atoms with Gasteiger partial charge < -0.3 is 47.7 Å². The second kappa shape index (κ2) is 37.8. The molecule has 6 heterocycles. The van der Waals surface area contributed by atoms with Gasteiger partial charge >= 0.3 is 11.9 Å². The second-order valence-electron chi connectivity index (χ2n) is 42.3. The van der Waals surface area contributed by atoms with Crippen molar-refractivity contribution in [2.45, 2.75) is 282 Å². The topological polar surface area (TPSA) is 335 Å². The third-order valence-electron chi connectivity index (χ3n) is 31.1. The van der Waals surface area contributed by atoms with E-state index in [-0.39, 0.29) is 159 Å². The van der Waals surface area contributed by atoms with E-state index < -0.39 is 123 Å². The highest BCUT2D eigenvalue weighted by atomic mass is 32.2. The normalized spacial score (nSPS) is 31.7. The van der Waals surface area contributed by atoms with Gasteiger partial charge in [0.25, 0.3) is 0 Å². The number of nitrogens with zero attached hydrogens (tertiary/aromatic N) is 4. The molecular weight excluding hydrogens is 1760 g/mol. The van der Waals surface area contributed by atoms with E-state index >= 15 is 28.0 Å². The summed E-state index contributed by atoms with van der Waals surface area (Å²) in [5.74, 6) is -3.16. The number of pyridine rings is 2. The molecule has 4 aliphatic heterocycles. The summed E-state index contributed by atoms with van der Waals surface area (Å²) in [6.07, 6.45) is 17.2. The van der Waals surface area contributed by atoms with E-state index in [1.165, 1.54) is 34.8 Å². The molecule has 720 valence electrons. The molecule has 2 saturated heterocycles. The van der Waals surface area contributed by atoms with Crippen LogP contribution in [0.4, 0.5) is 8.78 Å². The van der Waals surface area contributed by atoms with E-state index in [0.717, 1.165) is 38.5 Å².